The lowest BCUT2D eigenvalue weighted by Crippen LogP contribution is -2.37. The number of ether oxygens (including phenoxy) is 2. The Morgan fingerprint density at radius 3 is 2.73 bits per heavy atom. The number of carbonyl (C=O) groups excluding carboxylic acids is 1. The first-order valence-electron chi connectivity index (χ1n) is 10.7. The SMILES string of the molecule is CCN1CCCC1CNCc1cccc(OC)c1OCC(=O)Nc1ccc(C)cc1. The molecule has 3 rings (SSSR count). The van der Waals surface area contributed by atoms with Crippen molar-refractivity contribution < 1.29 is 14.3 Å². The summed E-state index contributed by atoms with van der Waals surface area (Å²) in [6.45, 7) is 8.04. The molecule has 1 atom stereocenters. The van der Waals surface area contributed by atoms with Gasteiger partial charge in [-0.1, -0.05) is 36.8 Å². The minimum atomic E-state index is -0.201. The molecule has 1 aliphatic rings. The largest absolute Gasteiger partial charge is 0.493 e. The molecule has 162 valence electrons. The molecule has 1 fully saturated rings. The van der Waals surface area contributed by atoms with E-state index >= 15 is 0 Å². The number of likely N-dealkylation sites (N-methyl/N-ethyl adjacent to an activating group) is 1. The van der Waals surface area contributed by atoms with Crippen LogP contribution in [0.2, 0.25) is 0 Å². The Morgan fingerprint density at radius 1 is 1.20 bits per heavy atom. The predicted octanol–water partition coefficient (Wildman–Crippen LogP) is 3.60. The van der Waals surface area contributed by atoms with E-state index in [1.165, 1.54) is 19.4 Å². The molecule has 6 nitrogen and oxygen atoms in total. The van der Waals surface area contributed by atoms with Gasteiger partial charge in [0.1, 0.15) is 0 Å². The number of para-hydroxylation sites is 1. The maximum atomic E-state index is 12.3. The third-order valence-electron chi connectivity index (χ3n) is 5.56. The van der Waals surface area contributed by atoms with Crippen molar-refractivity contribution in [2.45, 2.75) is 39.3 Å². The van der Waals surface area contributed by atoms with Crippen LogP contribution < -0.4 is 20.1 Å². The molecule has 1 unspecified atom stereocenters. The minimum Gasteiger partial charge on any atom is -0.493 e. The van der Waals surface area contributed by atoms with Crippen molar-refractivity contribution in [1.82, 2.24) is 10.2 Å². The molecular weight excluding hydrogens is 378 g/mol. The number of nitrogens with one attached hydrogen (secondary N) is 2. The number of nitrogens with zero attached hydrogens (tertiary/aromatic N) is 1. The van der Waals surface area contributed by atoms with E-state index in [4.69, 9.17) is 9.47 Å². The highest BCUT2D eigenvalue weighted by atomic mass is 16.5. The fraction of sp³-hybridized carbons (Fsp3) is 0.458. The van der Waals surface area contributed by atoms with Gasteiger partial charge in [0, 0.05) is 30.4 Å². The van der Waals surface area contributed by atoms with Gasteiger partial charge in [-0.05, 0) is 51.1 Å². The zero-order valence-electron chi connectivity index (χ0n) is 18.2. The summed E-state index contributed by atoms with van der Waals surface area (Å²) in [5, 5.41) is 6.42. The van der Waals surface area contributed by atoms with Crippen molar-refractivity contribution in [3.05, 3.63) is 53.6 Å². The average Bonchev–Trinajstić information content (AvgIpc) is 3.21. The number of aryl methyl sites for hydroxylation is 1. The predicted molar refractivity (Wildman–Crippen MR) is 120 cm³/mol. The molecule has 1 aliphatic heterocycles. The van der Waals surface area contributed by atoms with Crippen molar-refractivity contribution in [1.29, 1.82) is 0 Å². The Bertz CT molecular complexity index is 823. The maximum absolute atomic E-state index is 12.3. The summed E-state index contributed by atoms with van der Waals surface area (Å²) < 4.78 is 11.4. The third-order valence-corrected chi connectivity index (χ3v) is 5.56. The highest BCUT2D eigenvalue weighted by molar-refractivity contribution is 5.91. The number of benzene rings is 2. The van der Waals surface area contributed by atoms with E-state index in [0.29, 0.717) is 24.1 Å². The summed E-state index contributed by atoms with van der Waals surface area (Å²) >= 11 is 0. The van der Waals surface area contributed by atoms with Crippen LogP contribution in [0, 0.1) is 6.92 Å². The molecular formula is C24H33N3O3. The molecule has 0 spiro atoms. The molecule has 30 heavy (non-hydrogen) atoms. The van der Waals surface area contributed by atoms with Gasteiger partial charge < -0.3 is 20.1 Å². The Hall–Kier alpha value is -2.57. The van der Waals surface area contributed by atoms with Crippen LogP contribution in [-0.2, 0) is 11.3 Å². The molecule has 1 amide bonds. The molecule has 2 aromatic carbocycles. The van der Waals surface area contributed by atoms with E-state index < -0.39 is 0 Å². The van der Waals surface area contributed by atoms with Gasteiger partial charge in [0.15, 0.2) is 18.1 Å². The number of hydrogen-bond acceptors (Lipinski definition) is 5. The molecule has 6 heteroatoms. The van der Waals surface area contributed by atoms with E-state index in [1.54, 1.807) is 7.11 Å². The highest BCUT2D eigenvalue weighted by Gasteiger charge is 2.22. The topological polar surface area (TPSA) is 62.8 Å². The van der Waals surface area contributed by atoms with E-state index in [9.17, 15) is 4.79 Å². The standard InChI is InChI=1S/C24H33N3O3/c1-4-27-14-6-8-21(27)16-25-15-19-7-5-9-22(29-3)24(19)30-17-23(28)26-20-12-10-18(2)11-13-20/h5,7,9-13,21,25H,4,6,8,14-17H2,1-3H3,(H,26,28). The van der Waals surface area contributed by atoms with Gasteiger partial charge in [-0.3, -0.25) is 9.69 Å². The summed E-state index contributed by atoms with van der Waals surface area (Å²) in [6, 6.07) is 14.1. The van der Waals surface area contributed by atoms with Crippen molar-refractivity contribution >= 4 is 11.6 Å². The molecule has 0 radical (unpaired) electrons. The summed E-state index contributed by atoms with van der Waals surface area (Å²) in [6.07, 6.45) is 2.51. The normalized spacial score (nSPS) is 16.4. The fourth-order valence-corrected chi connectivity index (χ4v) is 3.91. The van der Waals surface area contributed by atoms with E-state index in [2.05, 4.69) is 22.5 Å². The van der Waals surface area contributed by atoms with Crippen LogP contribution in [0.15, 0.2) is 42.5 Å². The molecule has 1 saturated heterocycles. The summed E-state index contributed by atoms with van der Waals surface area (Å²) in [5.41, 5.74) is 2.89. The number of rotatable bonds is 10. The van der Waals surface area contributed by atoms with Gasteiger partial charge >= 0.3 is 0 Å². The van der Waals surface area contributed by atoms with Crippen LogP contribution in [-0.4, -0.2) is 50.2 Å². The Morgan fingerprint density at radius 2 is 2.00 bits per heavy atom. The molecule has 0 aliphatic carbocycles. The van der Waals surface area contributed by atoms with Crippen LogP contribution >= 0.6 is 0 Å². The first kappa shape index (κ1) is 22.1. The zero-order chi connectivity index (χ0) is 21.3. The van der Waals surface area contributed by atoms with Gasteiger partial charge in [0.2, 0.25) is 0 Å². The summed E-state index contributed by atoms with van der Waals surface area (Å²) in [5.74, 6) is 1.05. The number of amides is 1. The second-order valence-electron chi connectivity index (χ2n) is 7.71. The average molecular weight is 412 g/mol. The molecule has 2 N–H and O–H groups in total. The maximum Gasteiger partial charge on any atom is 0.262 e. The van der Waals surface area contributed by atoms with Gasteiger partial charge in [-0.2, -0.15) is 0 Å². The molecule has 2 aromatic rings. The Balaban J connectivity index is 1.57. The Labute approximate surface area is 179 Å². The first-order chi connectivity index (χ1) is 14.6. The second-order valence-corrected chi connectivity index (χ2v) is 7.71. The molecule has 0 saturated carbocycles. The summed E-state index contributed by atoms with van der Waals surface area (Å²) in [7, 11) is 1.61. The van der Waals surface area contributed by atoms with Gasteiger partial charge in [0.25, 0.3) is 5.91 Å². The van der Waals surface area contributed by atoms with E-state index in [-0.39, 0.29) is 12.5 Å². The third kappa shape index (κ3) is 5.97. The molecule has 0 bridgehead atoms. The lowest BCUT2D eigenvalue weighted by molar-refractivity contribution is -0.118. The molecule has 0 aromatic heterocycles. The van der Waals surface area contributed by atoms with Crippen LogP contribution in [0.25, 0.3) is 0 Å². The number of hydrogen-bond donors (Lipinski definition) is 2. The van der Waals surface area contributed by atoms with Crippen molar-refractivity contribution in [2.24, 2.45) is 0 Å². The zero-order valence-corrected chi connectivity index (χ0v) is 18.2. The molecule has 1 heterocycles. The van der Waals surface area contributed by atoms with E-state index in [0.717, 1.165) is 29.9 Å². The number of anilines is 1. The van der Waals surface area contributed by atoms with Gasteiger partial charge in [-0.25, -0.2) is 0 Å². The minimum absolute atomic E-state index is 0.0759. The lowest BCUT2D eigenvalue weighted by atomic mass is 10.1. The van der Waals surface area contributed by atoms with Crippen LogP contribution in [0.5, 0.6) is 11.5 Å². The first-order valence-corrected chi connectivity index (χ1v) is 10.7. The van der Waals surface area contributed by atoms with Crippen molar-refractivity contribution in [3.63, 3.8) is 0 Å². The highest BCUT2D eigenvalue weighted by Crippen LogP contribution is 2.31. The number of methoxy groups -OCH3 is 1. The summed E-state index contributed by atoms with van der Waals surface area (Å²) in [4.78, 5) is 14.9. The Kier molecular flexibility index (Phi) is 8.11. The van der Waals surface area contributed by atoms with Crippen molar-refractivity contribution in [2.75, 3.05) is 38.7 Å². The van der Waals surface area contributed by atoms with E-state index in [1.807, 2.05) is 49.4 Å². The number of likely N-dealkylation sites (tertiary alicyclic amines) is 1. The fourth-order valence-electron chi connectivity index (χ4n) is 3.91. The van der Waals surface area contributed by atoms with Crippen LogP contribution in [0.3, 0.4) is 0 Å². The van der Waals surface area contributed by atoms with Gasteiger partial charge in [0.05, 0.1) is 7.11 Å². The monoisotopic (exact) mass is 411 g/mol. The smallest absolute Gasteiger partial charge is 0.262 e. The number of carbonyl (C=O) groups is 1. The quantitative estimate of drug-likeness (QED) is 0.626. The van der Waals surface area contributed by atoms with Crippen LogP contribution in [0.1, 0.15) is 30.9 Å². The lowest BCUT2D eigenvalue weighted by Gasteiger charge is -2.23. The van der Waals surface area contributed by atoms with Crippen molar-refractivity contribution in [3.8, 4) is 11.5 Å². The van der Waals surface area contributed by atoms with Crippen LogP contribution in [0.4, 0.5) is 5.69 Å². The second kappa shape index (κ2) is 11.0. The van der Waals surface area contributed by atoms with Gasteiger partial charge in [-0.15, -0.1) is 0 Å².